The van der Waals surface area contributed by atoms with Crippen LogP contribution < -0.4 is 21.5 Å². The zero-order valence-corrected chi connectivity index (χ0v) is 20.1. The summed E-state index contributed by atoms with van der Waals surface area (Å²) in [4.78, 5) is 25.3. The fourth-order valence-corrected chi connectivity index (χ4v) is 5.12. The highest BCUT2D eigenvalue weighted by Gasteiger charge is 2.37. The maximum Gasteiger partial charge on any atom is 0.296 e. The van der Waals surface area contributed by atoms with Gasteiger partial charge in [0.05, 0.1) is 34.5 Å². The summed E-state index contributed by atoms with van der Waals surface area (Å²) in [7, 11) is -8.23. The van der Waals surface area contributed by atoms with Crippen molar-refractivity contribution in [3.8, 4) is 5.75 Å². The first-order valence-electron chi connectivity index (χ1n) is 10.1. The Balaban J connectivity index is 1.99. The van der Waals surface area contributed by atoms with Crippen molar-refractivity contribution < 1.29 is 40.3 Å². The molecule has 3 aromatic carbocycles. The number of anilines is 3. The van der Waals surface area contributed by atoms with E-state index < -0.39 is 58.4 Å². The standard InChI is InChI=1S/C22H19N3O9S2/c1-34-16-5-2-11(6-10(16)9-23)25-15-8-17(36(31,32)33)20(24)19-18(15)21(26)13-4-3-12(35(28,29)30)7-14(13)22(19)27/h2-8,25H,9,23-24H2,1H3,(H,28,29,30)(H,31,32,33). The molecule has 0 radical (unpaired) electrons. The Morgan fingerprint density at radius 1 is 0.889 bits per heavy atom. The Hall–Kier alpha value is -3.82. The lowest BCUT2D eigenvalue weighted by atomic mass is 9.82. The molecule has 12 nitrogen and oxygen atoms in total. The summed E-state index contributed by atoms with van der Waals surface area (Å²) in [5, 5.41) is 2.86. The number of hydrogen-bond acceptors (Lipinski definition) is 10. The first kappa shape index (κ1) is 25.3. The van der Waals surface area contributed by atoms with Crippen LogP contribution in [0.5, 0.6) is 5.75 Å². The van der Waals surface area contributed by atoms with Crippen LogP contribution in [0.1, 0.15) is 37.4 Å². The van der Waals surface area contributed by atoms with Gasteiger partial charge in [0.15, 0.2) is 11.6 Å². The number of ketones is 2. The maximum absolute atomic E-state index is 13.5. The molecule has 0 aliphatic heterocycles. The van der Waals surface area contributed by atoms with E-state index in [9.17, 15) is 35.5 Å². The van der Waals surface area contributed by atoms with E-state index in [1.807, 2.05) is 0 Å². The molecular formula is C22H19N3O9S2. The number of nitrogens with two attached hydrogens (primary N) is 2. The van der Waals surface area contributed by atoms with Crippen molar-refractivity contribution >= 4 is 48.9 Å². The number of nitrogens with one attached hydrogen (secondary N) is 1. The van der Waals surface area contributed by atoms with Crippen molar-refractivity contribution in [2.75, 3.05) is 18.2 Å². The Kier molecular flexibility index (Phi) is 6.10. The zero-order valence-electron chi connectivity index (χ0n) is 18.5. The van der Waals surface area contributed by atoms with E-state index in [0.717, 1.165) is 24.3 Å². The number of hydrogen-bond donors (Lipinski definition) is 5. The quantitative estimate of drug-likeness (QED) is 0.177. The Bertz CT molecular complexity index is 1680. The minimum Gasteiger partial charge on any atom is -0.496 e. The molecule has 0 heterocycles. The average molecular weight is 534 g/mol. The van der Waals surface area contributed by atoms with Gasteiger partial charge in [-0.05, 0) is 42.5 Å². The van der Waals surface area contributed by atoms with Crippen LogP contribution in [0.4, 0.5) is 17.1 Å². The number of carbonyl (C=O) groups excluding carboxylic acids is 2. The van der Waals surface area contributed by atoms with Crippen LogP contribution in [0.2, 0.25) is 0 Å². The van der Waals surface area contributed by atoms with Gasteiger partial charge < -0.3 is 21.5 Å². The fraction of sp³-hybridized carbons (Fsp3) is 0.0909. The average Bonchev–Trinajstić information content (AvgIpc) is 2.81. The van der Waals surface area contributed by atoms with E-state index in [1.165, 1.54) is 7.11 Å². The first-order valence-corrected chi connectivity index (χ1v) is 12.9. The van der Waals surface area contributed by atoms with E-state index in [2.05, 4.69) is 5.32 Å². The topological polar surface area (TPSA) is 216 Å². The molecule has 0 amide bonds. The Morgan fingerprint density at radius 3 is 2.14 bits per heavy atom. The van der Waals surface area contributed by atoms with Crippen LogP contribution in [-0.2, 0) is 26.8 Å². The lowest BCUT2D eigenvalue weighted by Gasteiger charge is -2.24. The Morgan fingerprint density at radius 2 is 1.56 bits per heavy atom. The summed E-state index contributed by atoms with van der Waals surface area (Å²) in [6.07, 6.45) is 0. The lowest BCUT2D eigenvalue weighted by Crippen LogP contribution is -2.25. The van der Waals surface area contributed by atoms with Gasteiger partial charge in [-0.25, -0.2) is 0 Å². The summed E-state index contributed by atoms with van der Waals surface area (Å²) in [5.74, 6) is -1.27. The smallest absolute Gasteiger partial charge is 0.296 e. The van der Waals surface area contributed by atoms with Crippen LogP contribution in [-0.4, -0.2) is 44.6 Å². The third-order valence-electron chi connectivity index (χ3n) is 5.62. The normalized spacial score (nSPS) is 13.2. The minimum absolute atomic E-state index is 0.0930. The monoisotopic (exact) mass is 533 g/mol. The highest BCUT2D eigenvalue weighted by molar-refractivity contribution is 7.86. The van der Waals surface area contributed by atoms with E-state index >= 15 is 0 Å². The number of nitrogen functional groups attached to an aromatic ring is 1. The number of ether oxygens (including phenoxy) is 1. The minimum atomic E-state index is -4.96. The van der Waals surface area contributed by atoms with Gasteiger partial charge in [0.1, 0.15) is 10.6 Å². The van der Waals surface area contributed by atoms with E-state index in [4.69, 9.17) is 16.2 Å². The number of fused-ring (bicyclic) bond motifs is 2. The van der Waals surface area contributed by atoms with Crippen molar-refractivity contribution in [3.05, 3.63) is 70.3 Å². The molecule has 0 saturated heterocycles. The van der Waals surface area contributed by atoms with Crippen molar-refractivity contribution in [2.24, 2.45) is 5.73 Å². The highest BCUT2D eigenvalue weighted by atomic mass is 32.2. The summed E-state index contributed by atoms with van der Waals surface area (Å²) < 4.78 is 71.5. The van der Waals surface area contributed by atoms with Crippen LogP contribution in [0.3, 0.4) is 0 Å². The molecule has 0 unspecified atom stereocenters. The molecule has 1 aliphatic carbocycles. The molecule has 188 valence electrons. The second kappa shape index (κ2) is 8.69. The second-order valence-electron chi connectivity index (χ2n) is 7.76. The largest absolute Gasteiger partial charge is 0.496 e. The molecule has 0 atom stereocenters. The first-order chi connectivity index (χ1) is 16.8. The van der Waals surface area contributed by atoms with Gasteiger partial charge in [-0.2, -0.15) is 16.8 Å². The van der Waals surface area contributed by atoms with Crippen molar-refractivity contribution in [1.29, 1.82) is 0 Å². The van der Waals surface area contributed by atoms with Gasteiger partial charge in [-0.15, -0.1) is 0 Å². The number of carbonyl (C=O) groups is 2. The molecule has 0 saturated carbocycles. The predicted octanol–water partition coefficient (Wildman–Crippen LogP) is 1.75. The van der Waals surface area contributed by atoms with Gasteiger partial charge >= 0.3 is 0 Å². The lowest BCUT2D eigenvalue weighted by molar-refractivity contribution is 0.0980. The summed E-state index contributed by atoms with van der Waals surface area (Å²) in [6.45, 7) is 0.0930. The van der Waals surface area contributed by atoms with Crippen LogP contribution in [0.25, 0.3) is 0 Å². The van der Waals surface area contributed by atoms with Crippen LogP contribution >= 0.6 is 0 Å². The molecule has 14 heteroatoms. The van der Waals surface area contributed by atoms with E-state index in [-0.39, 0.29) is 23.4 Å². The second-order valence-corrected chi connectivity index (χ2v) is 10.6. The predicted molar refractivity (Wildman–Crippen MR) is 128 cm³/mol. The van der Waals surface area contributed by atoms with Gasteiger partial charge in [-0.3, -0.25) is 18.7 Å². The number of methoxy groups -OCH3 is 1. The molecule has 0 bridgehead atoms. The third-order valence-corrected chi connectivity index (χ3v) is 7.36. The zero-order chi connectivity index (χ0) is 26.6. The van der Waals surface area contributed by atoms with Gasteiger partial charge in [-0.1, -0.05) is 0 Å². The van der Waals surface area contributed by atoms with Crippen molar-refractivity contribution in [1.82, 2.24) is 0 Å². The highest BCUT2D eigenvalue weighted by Crippen LogP contribution is 2.40. The molecule has 4 rings (SSSR count). The number of rotatable bonds is 6. The summed E-state index contributed by atoms with van der Waals surface area (Å²) in [5.41, 5.74) is 10.3. The fourth-order valence-electron chi connectivity index (χ4n) is 3.97. The molecule has 1 aliphatic rings. The maximum atomic E-state index is 13.5. The van der Waals surface area contributed by atoms with Crippen molar-refractivity contribution in [3.63, 3.8) is 0 Å². The molecule has 0 aromatic heterocycles. The van der Waals surface area contributed by atoms with Crippen LogP contribution in [0.15, 0.2) is 52.3 Å². The molecule has 7 N–H and O–H groups in total. The molecular weight excluding hydrogens is 514 g/mol. The Labute approximate surface area is 205 Å². The van der Waals surface area contributed by atoms with Gasteiger partial charge in [0.25, 0.3) is 20.2 Å². The third kappa shape index (κ3) is 4.20. The summed E-state index contributed by atoms with van der Waals surface area (Å²) in [6, 6.07) is 8.42. The summed E-state index contributed by atoms with van der Waals surface area (Å²) >= 11 is 0. The number of benzene rings is 3. The molecule has 36 heavy (non-hydrogen) atoms. The van der Waals surface area contributed by atoms with Crippen molar-refractivity contribution in [2.45, 2.75) is 16.3 Å². The molecule has 3 aromatic rings. The SMILES string of the molecule is COc1ccc(Nc2cc(S(=O)(=O)O)c(N)c3c2C(=O)c2ccc(S(=O)(=O)O)cc2C3=O)cc1CN. The van der Waals surface area contributed by atoms with E-state index in [0.29, 0.717) is 17.0 Å². The molecule has 0 fully saturated rings. The van der Waals surface area contributed by atoms with Gasteiger partial charge in [0, 0.05) is 28.9 Å². The van der Waals surface area contributed by atoms with Crippen LogP contribution in [0, 0.1) is 0 Å². The molecule has 0 spiro atoms. The van der Waals surface area contributed by atoms with E-state index in [1.54, 1.807) is 18.2 Å². The van der Waals surface area contributed by atoms with Gasteiger partial charge in [0.2, 0.25) is 0 Å².